The molecule has 0 rings (SSSR count). The fraction of sp³-hybridized carbons (Fsp3) is 0.915. The summed E-state index contributed by atoms with van der Waals surface area (Å²) >= 11 is 0. The van der Waals surface area contributed by atoms with Crippen molar-refractivity contribution in [3.8, 4) is 0 Å². The highest BCUT2D eigenvalue weighted by molar-refractivity contribution is 7.45. The first-order chi connectivity index (χ1) is 33.0. The molecule has 404 valence electrons. The Balaban J connectivity index is 4.19. The topological polar surface area (TPSA) is 108 Å². The Bertz CT molecular complexity index is 1160. The maximum absolute atomic E-state index is 13.0. The summed E-state index contributed by atoms with van der Waals surface area (Å²) in [5.41, 5.74) is 0. The number of aliphatic hydroxyl groups is 1. The van der Waals surface area contributed by atoms with Crippen LogP contribution in [0.1, 0.15) is 296 Å². The first-order valence-corrected chi connectivity index (χ1v) is 31.2. The summed E-state index contributed by atoms with van der Waals surface area (Å²) in [6.45, 7) is 4.69. The number of phosphoric ester groups is 1. The lowest BCUT2D eigenvalue weighted by atomic mass is 10.0. The van der Waals surface area contributed by atoms with E-state index in [2.05, 4.69) is 31.3 Å². The van der Waals surface area contributed by atoms with Crippen LogP contribution in [0.5, 0.6) is 0 Å². The van der Waals surface area contributed by atoms with Gasteiger partial charge in [0.05, 0.1) is 39.9 Å². The van der Waals surface area contributed by atoms with Gasteiger partial charge in [-0.1, -0.05) is 269 Å². The second kappa shape index (κ2) is 50.9. The van der Waals surface area contributed by atoms with Crippen molar-refractivity contribution in [3.63, 3.8) is 0 Å². The van der Waals surface area contributed by atoms with Crippen LogP contribution in [-0.2, 0) is 18.4 Å². The van der Waals surface area contributed by atoms with E-state index >= 15 is 0 Å². The van der Waals surface area contributed by atoms with Crippen molar-refractivity contribution < 1.29 is 32.9 Å². The van der Waals surface area contributed by atoms with E-state index in [4.69, 9.17) is 9.05 Å². The van der Waals surface area contributed by atoms with Crippen LogP contribution in [0.25, 0.3) is 0 Å². The normalized spacial score (nSPS) is 14.0. The minimum atomic E-state index is -4.60. The molecule has 0 bridgehead atoms. The van der Waals surface area contributed by atoms with E-state index < -0.39 is 20.0 Å². The van der Waals surface area contributed by atoms with Crippen molar-refractivity contribution in [1.29, 1.82) is 0 Å². The van der Waals surface area contributed by atoms with Crippen molar-refractivity contribution in [2.45, 2.75) is 309 Å². The highest BCUT2D eigenvalue weighted by Gasteiger charge is 2.23. The van der Waals surface area contributed by atoms with Gasteiger partial charge in [-0.3, -0.25) is 9.36 Å². The van der Waals surface area contributed by atoms with E-state index in [-0.39, 0.29) is 19.1 Å². The van der Waals surface area contributed by atoms with E-state index in [0.717, 1.165) is 38.5 Å². The molecule has 8 nitrogen and oxygen atoms in total. The number of nitrogens with zero attached hydrogens (tertiary/aromatic N) is 1. The van der Waals surface area contributed by atoms with Gasteiger partial charge in [-0.05, 0) is 44.9 Å². The van der Waals surface area contributed by atoms with Crippen molar-refractivity contribution in [3.05, 3.63) is 24.3 Å². The Morgan fingerprint density at radius 1 is 0.500 bits per heavy atom. The molecule has 0 aliphatic heterocycles. The molecule has 3 unspecified atom stereocenters. The van der Waals surface area contributed by atoms with Crippen LogP contribution in [0.2, 0.25) is 0 Å². The smallest absolute Gasteiger partial charge is 0.268 e. The van der Waals surface area contributed by atoms with Gasteiger partial charge in [0.15, 0.2) is 0 Å². The van der Waals surface area contributed by atoms with Crippen LogP contribution >= 0.6 is 7.82 Å². The molecular formula is C59H117N2O6P. The van der Waals surface area contributed by atoms with E-state index in [1.165, 1.54) is 238 Å². The van der Waals surface area contributed by atoms with E-state index in [9.17, 15) is 19.4 Å². The van der Waals surface area contributed by atoms with Crippen LogP contribution in [-0.4, -0.2) is 68.5 Å². The van der Waals surface area contributed by atoms with E-state index in [1.807, 2.05) is 27.2 Å². The predicted molar refractivity (Wildman–Crippen MR) is 293 cm³/mol. The minimum absolute atomic E-state index is 0.000804. The molecule has 0 aliphatic rings. The van der Waals surface area contributed by atoms with Crippen molar-refractivity contribution in [2.75, 3.05) is 40.9 Å². The number of rotatable bonds is 55. The number of nitrogens with one attached hydrogen (secondary N) is 1. The van der Waals surface area contributed by atoms with Gasteiger partial charge in [0.25, 0.3) is 7.82 Å². The molecule has 0 saturated carbocycles. The van der Waals surface area contributed by atoms with Gasteiger partial charge in [-0.25, -0.2) is 0 Å². The van der Waals surface area contributed by atoms with Gasteiger partial charge in [0.2, 0.25) is 5.91 Å². The number of carbonyl (C=O) groups excluding carboxylic acids is 1. The van der Waals surface area contributed by atoms with Crippen LogP contribution in [0, 0.1) is 0 Å². The number of carbonyl (C=O) groups is 1. The standard InChI is InChI=1S/C59H117N2O6P/c1-6-8-10-12-14-16-18-20-22-24-26-28-30-32-34-36-38-40-42-44-46-48-50-52-58(62)57(56-67-68(64,65)66-55-54-61(3,4)5)60-59(63)53-51-49-47-45-43-41-39-37-35-33-31-29-27-25-23-21-19-17-15-13-11-9-7-2/h25,27,50,52,57-58,62H,6-24,26,28-49,51,53-56H2,1-5H3,(H-,60,63,64,65)/b27-25-,52-50+. The summed E-state index contributed by atoms with van der Waals surface area (Å²) in [7, 11) is 1.27. The van der Waals surface area contributed by atoms with Gasteiger partial charge < -0.3 is 28.8 Å². The molecule has 0 heterocycles. The van der Waals surface area contributed by atoms with Gasteiger partial charge in [-0.15, -0.1) is 0 Å². The number of quaternary nitrogens is 1. The lowest BCUT2D eigenvalue weighted by Gasteiger charge is -2.29. The molecule has 0 aromatic rings. The average molecular weight is 982 g/mol. The highest BCUT2D eigenvalue weighted by atomic mass is 31.2. The lowest BCUT2D eigenvalue weighted by Crippen LogP contribution is -2.45. The van der Waals surface area contributed by atoms with Gasteiger partial charge in [0, 0.05) is 6.42 Å². The highest BCUT2D eigenvalue weighted by Crippen LogP contribution is 2.38. The van der Waals surface area contributed by atoms with Crippen LogP contribution < -0.4 is 10.2 Å². The summed E-state index contributed by atoms with van der Waals surface area (Å²) in [4.78, 5) is 25.5. The Morgan fingerprint density at radius 3 is 1.15 bits per heavy atom. The Morgan fingerprint density at radius 2 is 0.809 bits per heavy atom. The molecule has 1 amide bonds. The average Bonchev–Trinajstić information content (AvgIpc) is 3.30. The monoisotopic (exact) mass is 981 g/mol. The third-order valence-electron chi connectivity index (χ3n) is 13.7. The zero-order valence-electron chi connectivity index (χ0n) is 46.1. The molecule has 0 aromatic carbocycles. The number of allylic oxidation sites excluding steroid dienone is 3. The van der Waals surface area contributed by atoms with Crippen LogP contribution in [0.3, 0.4) is 0 Å². The number of hydrogen-bond acceptors (Lipinski definition) is 6. The molecule has 0 radical (unpaired) electrons. The predicted octanol–water partition coefficient (Wildman–Crippen LogP) is 17.4. The van der Waals surface area contributed by atoms with Crippen molar-refractivity contribution in [1.82, 2.24) is 5.32 Å². The molecular weight excluding hydrogens is 864 g/mol. The Labute approximate surface area is 424 Å². The van der Waals surface area contributed by atoms with Crippen molar-refractivity contribution in [2.24, 2.45) is 0 Å². The molecule has 0 aliphatic carbocycles. The summed E-state index contributed by atoms with van der Waals surface area (Å²) in [5.74, 6) is -0.193. The number of amides is 1. The van der Waals surface area contributed by atoms with Crippen LogP contribution in [0.15, 0.2) is 24.3 Å². The van der Waals surface area contributed by atoms with Crippen molar-refractivity contribution >= 4 is 13.7 Å². The fourth-order valence-electron chi connectivity index (χ4n) is 8.97. The molecule has 9 heteroatoms. The molecule has 0 saturated heterocycles. The number of likely N-dealkylation sites (N-methyl/N-ethyl adjacent to an activating group) is 1. The van der Waals surface area contributed by atoms with Crippen LogP contribution in [0.4, 0.5) is 0 Å². The summed E-state index contributed by atoms with van der Waals surface area (Å²) < 4.78 is 23.4. The van der Waals surface area contributed by atoms with E-state index in [1.54, 1.807) is 6.08 Å². The quantitative estimate of drug-likeness (QED) is 0.0272. The second-order valence-corrected chi connectivity index (χ2v) is 23.1. The number of aliphatic hydroxyl groups excluding tert-OH is 1. The molecule has 0 fully saturated rings. The largest absolute Gasteiger partial charge is 0.756 e. The first kappa shape index (κ1) is 67.0. The first-order valence-electron chi connectivity index (χ1n) is 29.7. The molecule has 3 atom stereocenters. The van der Waals surface area contributed by atoms with Gasteiger partial charge in [0.1, 0.15) is 13.2 Å². The Hall–Kier alpha value is -1.02. The van der Waals surface area contributed by atoms with E-state index in [0.29, 0.717) is 17.4 Å². The van der Waals surface area contributed by atoms with Gasteiger partial charge >= 0.3 is 0 Å². The maximum Gasteiger partial charge on any atom is 0.268 e. The zero-order valence-corrected chi connectivity index (χ0v) is 47.0. The third-order valence-corrected chi connectivity index (χ3v) is 14.6. The minimum Gasteiger partial charge on any atom is -0.756 e. The SMILES string of the molecule is CCCCCCCCCC/C=C\CCCCCCCCCCCCCC(=O)NC(COP(=O)([O-])OCC[N+](C)(C)C)C(O)/C=C/CCCCCCCCCCCCCCCCCCCCCCC. The molecule has 0 spiro atoms. The second-order valence-electron chi connectivity index (χ2n) is 21.7. The lowest BCUT2D eigenvalue weighted by molar-refractivity contribution is -0.870. The number of hydrogen-bond donors (Lipinski definition) is 2. The Kier molecular flexibility index (Phi) is 50.1. The number of unbranched alkanes of at least 4 members (excludes halogenated alkanes) is 40. The summed E-state index contributed by atoms with van der Waals surface area (Å²) in [6, 6.07) is -0.885. The maximum atomic E-state index is 13.0. The molecule has 68 heavy (non-hydrogen) atoms. The molecule has 0 aromatic heterocycles. The summed E-state index contributed by atoms with van der Waals surface area (Å²) in [5, 5.41) is 13.9. The third kappa shape index (κ3) is 52.8. The number of phosphoric acid groups is 1. The fourth-order valence-corrected chi connectivity index (χ4v) is 9.70. The zero-order chi connectivity index (χ0) is 49.9. The molecule has 2 N–H and O–H groups in total. The summed E-state index contributed by atoms with van der Waals surface area (Å²) in [6.07, 6.45) is 63.9. The van der Waals surface area contributed by atoms with Gasteiger partial charge in [-0.2, -0.15) is 0 Å².